The highest BCUT2D eigenvalue weighted by atomic mass is 32.1. The van der Waals surface area contributed by atoms with E-state index in [-0.39, 0.29) is 17.4 Å². The summed E-state index contributed by atoms with van der Waals surface area (Å²) in [4.78, 5) is 19.3. The Balaban J connectivity index is 1.53. The minimum atomic E-state index is -0.270. The number of halogens is 1. The van der Waals surface area contributed by atoms with Gasteiger partial charge in [-0.05, 0) is 72.9 Å². The number of thiophene rings is 1. The first kappa shape index (κ1) is 25.4. The maximum atomic E-state index is 15.8. The van der Waals surface area contributed by atoms with Gasteiger partial charge in [-0.25, -0.2) is 14.2 Å². The maximum absolute atomic E-state index is 15.8. The number of hydrogen-bond acceptors (Lipinski definition) is 5. The molecular weight excluding hydrogens is 527 g/mol. The lowest BCUT2D eigenvalue weighted by molar-refractivity contribution is 0.0855. The average molecular weight is 559 g/mol. The van der Waals surface area contributed by atoms with Crippen LogP contribution in [0.2, 0.25) is 0 Å². The summed E-state index contributed by atoms with van der Waals surface area (Å²) in [6.45, 7) is 4.55. The van der Waals surface area contributed by atoms with Crippen molar-refractivity contribution >= 4 is 39.0 Å². The second-order valence-corrected chi connectivity index (χ2v) is 11.8. The van der Waals surface area contributed by atoms with Gasteiger partial charge in [-0.3, -0.25) is 13.7 Å². The zero-order chi connectivity index (χ0) is 27.5. The number of nitrogens with zero attached hydrogens (tertiary/aromatic N) is 4. The molecule has 2 aromatic carbocycles. The summed E-state index contributed by atoms with van der Waals surface area (Å²) >= 11 is 1.67. The molecule has 3 aromatic heterocycles. The van der Waals surface area contributed by atoms with Gasteiger partial charge in [0.05, 0.1) is 41.0 Å². The Kier molecular flexibility index (Phi) is 6.25. The molecule has 0 unspecified atom stereocenters. The number of imidazole rings is 2. The topological polar surface area (TPSA) is 63.2 Å². The van der Waals surface area contributed by atoms with E-state index in [1.165, 1.54) is 0 Å². The molecule has 0 aliphatic carbocycles. The Bertz CT molecular complexity index is 1870. The van der Waals surface area contributed by atoms with Crippen LogP contribution in [0.5, 0.6) is 0 Å². The molecule has 0 amide bonds. The summed E-state index contributed by atoms with van der Waals surface area (Å²) in [5.41, 5.74) is 7.71. The lowest BCUT2D eigenvalue weighted by Gasteiger charge is -2.24. The standard InChI is InChI=1S/C31H31FN4O3S/c1-18-22(8-13-40-18)30-33-26-16-23(19-4-9-38-10-5-19)25(32)17-27(26)36(30)21-14-24(20-6-11-39-12-7-20)29-28(15-21)34(2)31(37)35(29)3/h4,8,13-17,20H,5-7,9-12H2,1-3H3. The SMILES string of the molecule is Cc1sccc1-c1nc2cc(C3=CCOCC3)c(F)cc2n1-c1cc(C2CCOCC2)c2c(c1)n(C)c(=O)n2C. The van der Waals surface area contributed by atoms with Crippen molar-refractivity contribution in [2.45, 2.75) is 32.1 Å². The molecule has 9 heteroatoms. The second-order valence-electron chi connectivity index (χ2n) is 10.7. The number of hydrogen-bond donors (Lipinski definition) is 0. The first-order chi connectivity index (χ1) is 19.4. The van der Waals surface area contributed by atoms with E-state index in [0.717, 1.165) is 62.5 Å². The van der Waals surface area contributed by atoms with Crippen LogP contribution in [-0.4, -0.2) is 45.1 Å². The molecule has 0 bridgehead atoms. The van der Waals surface area contributed by atoms with Crippen molar-refractivity contribution in [3.63, 3.8) is 0 Å². The Morgan fingerprint density at radius 1 is 1.00 bits per heavy atom. The molecule has 0 radical (unpaired) electrons. The fraction of sp³-hybridized carbons (Fsp3) is 0.355. The molecule has 0 atom stereocenters. The van der Waals surface area contributed by atoms with Gasteiger partial charge in [0.25, 0.3) is 0 Å². The quantitative estimate of drug-likeness (QED) is 0.268. The third-order valence-electron chi connectivity index (χ3n) is 8.45. The van der Waals surface area contributed by atoms with E-state index in [1.54, 1.807) is 26.5 Å². The fourth-order valence-electron chi connectivity index (χ4n) is 6.29. The Hall–Kier alpha value is -3.53. The van der Waals surface area contributed by atoms with Crippen molar-refractivity contribution in [2.75, 3.05) is 26.4 Å². The van der Waals surface area contributed by atoms with Crippen LogP contribution >= 0.6 is 11.3 Å². The summed E-state index contributed by atoms with van der Waals surface area (Å²) in [6, 6.07) is 9.78. The van der Waals surface area contributed by atoms with Gasteiger partial charge in [-0.15, -0.1) is 11.3 Å². The van der Waals surface area contributed by atoms with E-state index < -0.39 is 0 Å². The number of aromatic nitrogens is 4. The molecule has 5 heterocycles. The van der Waals surface area contributed by atoms with Gasteiger partial charge in [0.1, 0.15) is 11.6 Å². The van der Waals surface area contributed by atoms with Crippen molar-refractivity contribution in [1.82, 2.24) is 18.7 Å². The number of aryl methyl sites for hydroxylation is 3. The highest BCUT2D eigenvalue weighted by molar-refractivity contribution is 7.10. The first-order valence-electron chi connectivity index (χ1n) is 13.7. The molecule has 2 aliphatic heterocycles. The van der Waals surface area contributed by atoms with Crippen LogP contribution in [0.3, 0.4) is 0 Å². The van der Waals surface area contributed by atoms with Gasteiger partial charge in [0, 0.05) is 49.4 Å². The van der Waals surface area contributed by atoms with Crippen molar-refractivity contribution in [3.8, 4) is 17.1 Å². The fourth-order valence-corrected chi connectivity index (χ4v) is 6.99. The molecule has 0 spiro atoms. The summed E-state index contributed by atoms with van der Waals surface area (Å²) in [6.07, 6.45) is 4.41. The van der Waals surface area contributed by atoms with Crippen molar-refractivity contribution in [3.05, 3.63) is 74.1 Å². The number of ether oxygens (including phenoxy) is 2. The monoisotopic (exact) mass is 558 g/mol. The molecule has 5 aromatic rings. The molecule has 7 rings (SSSR count). The highest BCUT2D eigenvalue weighted by Gasteiger charge is 2.26. The van der Waals surface area contributed by atoms with Crippen molar-refractivity contribution in [2.24, 2.45) is 14.1 Å². The van der Waals surface area contributed by atoms with Crippen molar-refractivity contribution in [1.29, 1.82) is 0 Å². The predicted molar refractivity (Wildman–Crippen MR) is 157 cm³/mol. The van der Waals surface area contributed by atoms with Crippen LogP contribution in [0.25, 0.3) is 44.7 Å². The summed E-state index contributed by atoms with van der Waals surface area (Å²) in [7, 11) is 3.65. The Morgan fingerprint density at radius 2 is 1.82 bits per heavy atom. The molecule has 206 valence electrons. The first-order valence-corrected chi connectivity index (χ1v) is 14.6. The average Bonchev–Trinajstić information content (AvgIpc) is 3.63. The van der Waals surface area contributed by atoms with E-state index in [9.17, 15) is 4.79 Å². The third kappa shape index (κ3) is 3.98. The summed E-state index contributed by atoms with van der Waals surface area (Å²) in [5.74, 6) is 0.756. The van der Waals surface area contributed by atoms with Crippen LogP contribution < -0.4 is 5.69 Å². The Morgan fingerprint density at radius 3 is 2.55 bits per heavy atom. The van der Waals surface area contributed by atoms with E-state index in [1.807, 2.05) is 32.3 Å². The van der Waals surface area contributed by atoms with Crippen molar-refractivity contribution < 1.29 is 13.9 Å². The molecule has 1 saturated heterocycles. The van der Waals surface area contributed by atoms with Gasteiger partial charge in [0.2, 0.25) is 0 Å². The van der Waals surface area contributed by atoms with Gasteiger partial charge >= 0.3 is 5.69 Å². The van der Waals surface area contributed by atoms with Crippen LogP contribution in [0.1, 0.15) is 41.2 Å². The van der Waals surface area contributed by atoms with Gasteiger partial charge in [-0.1, -0.05) is 6.08 Å². The molecule has 0 saturated carbocycles. The Labute approximate surface area is 235 Å². The molecular formula is C31H31FN4O3S. The van der Waals surface area contributed by atoms with Gasteiger partial charge in [-0.2, -0.15) is 0 Å². The molecule has 7 nitrogen and oxygen atoms in total. The van der Waals surface area contributed by atoms with E-state index >= 15 is 4.39 Å². The smallest absolute Gasteiger partial charge is 0.328 e. The lowest BCUT2D eigenvalue weighted by Crippen LogP contribution is -2.20. The zero-order valence-electron chi connectivity index (χ0n) is 22.9. The third-order valence-corrected chi connectivity index (χ3v) is 9.29. The van der Waals surface area contributed by atoms with E-state index in [4.69, 9.17) is 14.5 Å². The van der Waals surface area contributed by atoms with Gasteiger partial charge in [0.15, 0.2) is 0 Å². The van der Waals surface area contributed by atoms with Gasteiger partial charge < -0.3 is 9.47 Å². The molecule has 2 aliphatic rings. The summed E-state index contributed by atoms with van der Waals surface area (Å²) in [5, 5.41) is 2.06. The van der Waals surface area contributed by atoms with Crippen LogP contribution in [-0.2, 0) is 23.6 Å². The largest absolute Gasteiger partial charge is 0.381 e. The second kappa shape index (κ2) is 9.83. The highest BCUT2D eigenvalue weighted by Crippen LogP contribution is 2.39. The molecule has 1 fully saturated rings. The van der Waals surface area contributed by atoms with Crippen LogP contribution in [0.4, 0.5) is 4.39 Å². The molecule has 0 N–H and O–H groups in total. The summed E-state index contributed by atoms with van der Waals surface area (Å²) < 4.78 is 32.4. The number of rotatable bonds is 4. The predicted octanol–water partition coefficient (Wildman–Crippen LogP) is 6.09. The van der Waals surface area contributed by atoms with Crippen LogP contribution in [0.15, 0.2) is 46.6 Å². The zero-order valence-corrected chi connectivity index (χ0v) is 23.7. The maximum Gasteiger partial charge on any atom is 0.328 e. The number of benzene rings is 2. The van der Waals surface area contributed by atoms with E-state index in [2.05, 4.69) is 29.0 Å². The van der Waals surface area contributed by atoms with E-state index in [0.29, 0.717) is 43.9 Å². The van der Waals surface area contributed by atoms with Crippen LogP contribution in [0, 0.1) is 12.7 Å². The molecule has 40 heavy (non-hydrogen) atoms. The normalized spacial score (nSPS) is 16.8. The number of fused-ring (bicyclic) bond motifs is 2. The minimum Gasteiger partial charge on any atom is -0.381 e. The lowest BCUT2D eigenvalue weighted by atomic mass is 9.90. The minimum absolute atomic E-state index is 0.0646.